The molecule has 0 aliphatic heterocycles. The van der Waals surface area contributed by atoms with Crippen LogP contribution in [0, 0.1) is 0 Å². The highest BCUT2D eigenvalue weighted by Crippen LogP contribution is 2.35. The second kappa shape index (κ2) is 7.14. The van der Waals surface area contributed by atoms with E-state index in [4.69, 9.17) is 5.73 Å². The second-order valence-electron chi connectivity index (χ2n) is 6.53. The predicted octanol–water partition coefficient (Wildman–Crippen LogP) is 4.17. The van der Waals surface area contributed by atoms with Gasteiger partial charge in [0.05, 0.1) is 22.2 Å². The van der Waals surface area contributed by atoms with Crippen LogP contribution < -0.4 is 11.2 Å². The molecule has 0 radical (unpaired) electrons. The number of alkyl halides is 3. The molecule has 4 aromatic rings. The van der Waals surface area contributed by atoms with Crippen LogP contribution >= 0.6 is 0 Å². The van der Waals surface area contributed by atoms with E-state index in [1.54, 1.807) is 42.5 Å². The Kier molecular flexibility index (Phi) is 4.62. The molecule has 4 rings (SSSR count). The number of para-hydroxylation sites is 1. The highest BCUT2D eigenvalue weighted by Gasteiger charge is 2.34. The van der Waals surface area contributed by atoms with Crippen molar-refractivity contribution in [2.24, 2.45) is 5.73 Å². The van der Waals surface area contributed by atoms with Crippen molar-refractivity contribution in [3.63, 3.8) is 0 Å². The first kappa shape index (κ1) is 19.4. The Bertz CT molecular complexity index is 1330. The van der Waals surface area contributed by atoms with Crippen LogP contribution in [-0.4, -0.2) is 15.7 Å². The Balaban J connectivity index is 2.18. The molecule has 0 bridgehead atoms. The molecule has 0 spiro atoms. The molecule has 1 amide bonds. The van der Waals surface area contributed by atoms with Gasteiger partial charge in [0.2, 0.25) is 5.43 Å². The standard InChI is InChI=1S/C22H14F3N3O2/c23-22(24,25)15-10-4-5-11-16(15)28-17-12-6-9-14(13-7-2-1-3-8-13)18(17)20(29)19(27-28)21(26)30/h1-12H,(H2,26,30). The van der Waals surface area contributed by atoms with Gasteiger partial charge in [0, 0.05) is 0 Å². The van der Waals surface area contributed by atoms with E-state index in [9.17, 15) is 22.8 Å². The quantitative estimate of drug-likeness (QED) is 0.552. The Morgan fingerprint density at radius 3 is 2.23 bits per heavy atom. The molecular formula is C22H14F3N3O2. The minimum Gasteiger partial charge on any atom is -0.364 e. The van der Waals surface area contributed by atoms with Crippen LogP contribution in [0.4, 0.5) is 13.2 Å². The monoisotopic (exact) mass is 409 g/mol. The summed E-state index contributed by atoms with van der Waals surface area (Å²) in [5.41, 5.74) is 3.93. The normalized spacial score (nSPS) is 11.6. The maximum atomic E-state index is 13.6. The first-order chi connectivity index (χ1) is 14.3. The lowest BCUT2D eigenvalue weighted by Crippen LogP contribution is -2.28. The van der Waals surface area contributed by atoms with Gasteiger partial charge in [0.1, 0.15) is 0 Å². The van der Waals surface area contributed by atoms with Gasteiger partial charge in [0.15, 0.2) is 5.69 Å². The summed E-state index contributed by atoms with van der Waals surface area (Å²) in [6.45, 7) is 0. The Hall–Kier alpha value is -3.94. The zero-order valence-electron chi connectivity index (χ0n) is 15.4. The van der Waals surface area contributed by atoms with E-state index in [1.807, 2.05) is 0 Å². The number of halogens is 3. The molecule has 8 heteroatoms. The number of benzene rings is 3. The number of amides is 1. The highest BCUT2D eigenvalue weighted by molar-refractivity contribution is 6.00. The molecule has 0 unspecified atom stereocenters. The Morgan fingerprint density at radius 1 is 0.900 bits per heavy atom. The van der Waals surface area contributed by atoms with E-state index in [2.05, 4.69) is 5.10 Å². The Labute approximate surface area is 168 Å². The van der Waals surface area contributed by atoms with Gasteiger partial charge >= 0.3 is 6.18 Å². The third-order valence-corrected chi connectivity index (χ3v) is 4.67. The first-order valence-electron chi connectivity index (χ1n) is 8.87. The number of hydrogen-bond donors (Lipinski definition) is 1. The topological polar surface area (TPSA) is 78.0 Å². The third-order valence-electron chi connectivity index (χ3n) is 4.67. The lowest BCUT2D eigenvalue weighted by molar-refractivity contribution is -0.137. The molecule has 0 atom stereocenters. The fourth-order valence-electron chi connectivity index (χ4n) is 3.37. The molecule has 0 aliphatic carbocycles. The minimum absolute atomic E-state index is 0.0597. The van der Waals surface area contributed by atoms with Crippen molar-refractivity contribution in [1.29, 1.82) is 0 Å². The number of carbonyl (C=O) groups is 1. The van der Waals surface area contributed by atoms with Gasteiger partial charge in [-0.2, -0.15) is 18.3 Å². The number of carbonyl (C=O) groups excluding carboxylic acids is 1. The maximum absolute atomic E-state index is 13.6. The van der Waals surface area contributed by atoms with Crippen molar-refractivity contribution in [1.82, 2.24) is 9.78 Å². The Morgan fingerprint density at radius 2 is 1.57 bits per heavy atom. The van der Waals surface area contributed by atoms with Gasteiger partial charge in [-0.3, -0.25) is 9.59 Å². The zero-order chi connectivity index (χ0) is 21.5. The fourth-order valence-corrected chi connectivity index (χ4v) is 3.37. The van der Waals surface area contributed by atoms with Gasteiger partial charge in [0.25, 0.3) is 5.91 Å². The van der Waals surface area contributed by atoms with Gasteiger partial charge in [-0.25, -0.2) is 4.68 Å². The zero-order valence-corrected chi connectivity index (χ0v) is 15.4. The number of nitrogens with zero attached hydrogens (tertiary/aromatic N) is 2. The summed E-state index contributed by atoms with van der Waals surface area (Å²) in [7, 11) is 0. The molecule has 1 heterocycles. The van der Waals surface area contributed by atoms with E-state index in [-0.39, 0.29) is 16.6 Å². The summed E-state index contributed by atoms with van der Waals surface area (Å²) < 4.78 is 41.8. The second-order valence-corrected chi connectivity index (χ2v) is 6.53. The summed E-state index contributed by atoms with van der Waals surface area (Å²) in [5, 5.41) is 3.97. The van der Waals surface area contributed by atoms with Crippen LogP contribution in [0.2, 0.25) is 0 Å². The first-order valence-corrected chi connectivity index (χ1v) is 8.87. The summed E-state index contributed by atoms with van der Waals surface area (Å²) in [6.07, 6.45) is -4.67. The molecule has 150 valence electrons. The largest absolute Gasteiger partial charge is 0.418 e. The van der Waals surface area contributed by atoms with Crippen LogP contribution in [0.1, 0.15) is 16.1 Å². The maximum Gasteiger partial charge on any atom is 0.418 e. The smallest absolute Gasteiger partial charge is 0.364 e. The number of fused-ring (bicyclic) bond motifs is 1. The molecule has 3 aromatic carbocycles. The van der Waals surface area contributed by atoms with Crippen molar-refractivity contribution in [2.45, 2.75) is 6.18 Å². The minimum atomic E-state index is -4.67. The number of aromatic nitrogens is 2. The molecule has 0 aliphatic rings. The van der Waals surface area contributed by atoms with Crippen molar-refractivity contribution in [3.05, 3.63) is 94.3 Å². The van der Waals surface area contributed by atoms with E-state index in [0.717, 1.165) is 10.7 Å². The highest BCUT2D eigenvalue weighted by atomic mass is 19.4. The van der Waals surface area contributed by atoms with Crippen molar-refractivity contribution in [2.75, 3.05) is 0 Å². The number of primary amides is 1. The van der Waals surface area contributed by atoms with Gasteiger partial charge in [-0.1, -0.05) is 54.6 Å². The molecule has 0 saturated heterocycles. The summed E-state index contributed by atoms with van der Waals surface area (Å²) >= 11 is 0. The molecule has 0 saturated carbocycles. The summed E-state index contributed by atoms with van der Waals surface area (Å²) in [4.78, 5) is 24.9. The average Bonchev–Trinajstić information content (AvgIpc) is 2.73. The van der Waals surface area contributed by atoms with Crippen molar-refractivity contribution in [3.8, 4) is 16.8 Å². The number of rotatable bonds is 3. The molecule has 30 heavy (non-hydrogen) atoms. The van der Waals surface area contributed by atoms with Crippen molar-refractivity contribution < 1.29 is 18.0 Å². The molecule has 5 nitrogen and oxygen atoms in total. The number of hydrogen-bond acceptors (Lipinski definition) is 3. The van der Waals surface area contributed by atoms with Crippen LogP contribution in [0.5, 0.6) is 0 Å². The number of nitrogens with two attached hydrogens (primary N) is 1. The van der Waals surface area contributed by atoms with E-state index < -0.39 is 28.8 Å². The molecule has 0 fully saturated rings. The van der Waals surface area contributed by atoms with Crippen LogP contribution in [0.25, 0.3) is 27.7 Å². The molecule has 2 N–H and O–H groups in total. The summed E-state index contributed by atoms with van der Waals surface area (Å²) in [5.74, 6) is -1.12. The van der Waals surface area contributed by atoms with E-state index in [1.165, 1.54) is 24.3 Å². The lowest BCUT2D eigenvalue weighted by atomic mass is 9.99. The molecule has 1 aromatic heterocycles. The van der Waals surface area contributed by atoms with Crippen LogP contribution in [-0.2, 0) is 6.18 Å². The van der Waals surface area contributed by atoms with Gasteiger partial charge in [-0.15, -0.1) is 0 Å². The SMILES string of the molecule is NC(=O)c1nn(-c2ccccc2C(F)(F)F)c2cccc(-c3ccccc3)c2c1=O. The van der Waals surface area contributed by atoms with Crippen molar-refractivity contribution >= 4 is 16.8 Å². The molecular weight excluding hydrogens is 395 g/mol. The lowest BCUT2D eigenvalue weighted by Gasteiger charge is -2.17. The summed E-state index contributed by atoms with van der Waals surface area (Å²) in [6, 6.07) is 18.4. The van der Waals surface area contributed by atoms with Gasteiger partial charge < -0.3 is 5.73 Å². The van der Waals surface area contributed by atoms with Gasteiger partial charge in [-0.05, 0) is 29.3 Å². The van der Waals surface area contributed by atoms with Crippen LogP contribution in [0.3, 0.4) is 0 Å². The van der Waals surface area contributed by atoms with Crippen LogP contribution in [0.15, 0.2) is 77.6 Å². The van der Waals surface area contributed by atoms with E-state index in [0.29, 0.717) is 11.1 Å². The van der Waals surface area contributed by atoms with E-state index >= 15 is 0 Å². The average molecular weight is 409 g/mol. The fraction of sp³-hybridized carbons (Fsp3) is 0.0455. The third kappa shape index (κ3) is 3.22. The predicted molar refractivity (Wildman–Crippen MR) is 106 cm³/mol.